The lowest BCUT2D eigenvalue weighted by Crippen LogP contribution is -2.44. The molecule has 1 aromatic carbocycles. The molecule has 0 spiro atoms. The van der Waals surface area contributed by atoms with Gasteiger partial charge in [-0.2, -0.15) is 0 Å². The molecule has 0 aromatic heterocycles. The van der Waals surface area contributed by atoms with Gasteiger partial charge >= 0.3 is 5.97 Å². The first kappa shape index (κ1) is 15.4. The summed E-state index contributed by atoms with van der Waals surface area (Å²) >= 11 is 0. The smallest absolute Gasteiger partial charge is 0.303 e. The van der Waals surface area contributed by atoms with Gasteiger partial charge in [-0.05, 0) is 44.2 Å². The number of aliphatic carboxylic acids is 1. The number of carbonyl (C=O) groups excluding carboxylic acids is 1. The molecular weight excluding hydrogens is 270 g/mol. The van der Waals surface area contributed by atoms with Gasteiger partial charge < -0.3 is 15.1 Å². The number of carboxylic acids is 1. The van der Waals surface area contributed by atoms with E-state index >= 15 is 0 Å². The third-order valence-electron chi connectivity index (χ3n) is 4.05. The van der Waals surface area contributed by atoms with Gasteiger partial charge in [0, 0.05) is 19.0 Å². The van der Waals surface area contributed by atoms with Crippen molar-refractivity contribution < 1.29 is 19.8 Å². The third-order valence-corrected chi connectivity index (χ3v) is 4.05. The van der Waals surface area contributed by atoms with Gasteiger partial charge in [0.15, 0.2) is 0 Å². The van der Waals surface area contributed by atoms with Crippen molar-refractivity contribution in [2.24, 2.45) is 0 Å². The average molecular weight is 291 g/mol. The number of carbonyl (C=O) groups is 2. The molecule has 1 aliphatic rings. The fourth-order valence-corrected chi connectivity index (χ4v) is 2.84. The highest BCUT2D eigenvalue weighted by atomic mass is 16.4. The molecule has 0 radical (unpaired) electrons. The highest BCUT2D eigenvalue weighted by Crippen LogP contribution is 2.27. The van der Waals surface area contributed by atoms with E-state index in [9.17, 15) is 14.7 Å². The van der Waals surface area contributed by atoms with Gasteiger partial charge in [-0.3, -0.25) is 9.59 Å². The second kappa shape index (κ2) is 6.61. The Morgan fingerprint density at radius 1 is 1.33 bits per heavy atom. The minimum absolute atomic E-state index is 0.0186. The molecule has 1 aromatic rings. The zero-order chi connectivity index (χ0) is 15.4. The second-order valence-electron chi connectivity index (χ2n) is 5.55. The summed E-state index contributed by atoms with van der Waals surface area (Å²) in [6, 6.07) is 5.07. The monoisotopic (exact) mass is 291 g/mol. The number of benzene rings is 1. The highest BCUT2D eigenvalue weighted by molar-refractivity contribution is 5.97. The lowest BCUT2D eigenvalue weighted by atomic mass is 9.96. The van der Waals surface area contributed by atoms with Crippen LogP contribution in [0.1, 0.15) is 48.0 Å². The van der Waals surface area contributed by atoms with E-state index in [0.29, 0.717) is 24.1 Å². The SMILES string of the molecule is Cc1cccc(C(=O)N2CCCCC2CCC(=O)O)c1O. The molecule has 21 heavy (non-hydrogen) atoms. The molecule has 1 saturated heterocycles. The number of phenolic OH excluding ortho intramolecular Hbond substituents is 1. The van der Waals surface area contributed by atoms with Crippen LogP contribution in [0.5, 0.6) is 5.75 Å². The average Bonchev–Trinajstić information content (AvgIpc) is 2.47. The zero-order valence-electron chi connectivity index (χ0n) is 12.2. The summed E-state index contributed by atoms with van der Waals surface area (Å²) in [6.45, 7) is 2.38. The molecule has 1 amide bonds. The summed E-state index contributed by atoms with van der Waals surface area (Å²) < 4.78 is 0. The molecule has 1 unspecified atom stereocenters. The number of aromatic hydroxyl groups is 1. The molecule has 2 N–H and O–H groups in total. The predicted molar refractivity (Wildman–Crippen MR) is 78.4 cm³/mol. The summed E-state index contributed by atoms with van der Waals surface area (Å²) in [6.07, 6.45) is 3.28. The molecule has 1 aliphatic heterocycles. The molecule has 0 bridgehead atoms. The highest BCUT2D eigenvalue weighted by Gasteiger charge is 2.29. The first-order valence-electron chi connectivity index (χ1n) is 7.32. The quantitative estimate of drug-likeness (QED) is 0.893. The van der Waals surface area contributed by atoms with Crippen LogP contribution in [0.15, 0.2) is 18.2 Å². The standard InChI is InChI=1S/C16H21NO4/c1-11-5-4-7-13(15(11)20)16(21)17-10-3-2-6-12(17)8-9-14(18)19/h4-5,7,12,20H,2-3,6,8-10H2,1H3,(H,18,19). The van der Waals surface area contributed by atoms with Crippen LogP contribution in [0.25, 0.3) is 0 Å². The van der Waals surface area contributed by atoms with Crippen molar-refractivity contribution in [3.05, 3.63) is 29.3 Å². The van der Waals surface area contributed by atoms with Crippen LogP contribution in [-0.4, -0.2) is 39.6 Å². The van der Waals surface area contributed by atoms with Gasteiger partial charge in [-0.1, -0.05) is 12.1 Å². The molecule has 114 valence electrons. The van der Waals surface area contributed by atoms with Crippen LogP contribution >= 0.6 is 0 Å². The minimum atomic E-state index is -0.841. The minimum Gasteiger partial charge on any atom is -0.507 e. The van der Waals surface area contributed by atoms with Crippen molar-refractivity contribution in [3.8, 4) is 5.75 Å². The predicted octanol–water partition coefficient (Wildman–Crippen LogP) is 2.56. The number of amides is 1. The Labute approximate surface area is 124 Å². The Balaban J connectivity index is 2.18. The largest absolute Gasteiger partial charge is 0.507 e. The maximum atomic E-state index is 12.6. The number of likely N-dealkylation sites (tertiary alicyclic amines) is 1. The summed E-state index contributed by atoms with van der Waals surface area (Å²) in [7, 11) is 0. The fraction of sp³-hybridized carbons (Fsp3) is 0.500. The molecule has 5 nitrogen and oxygen atoms in total. The number of piperidine rings is 1. The van der Waals surface area contributed by atoms with Crippen molar-refractivity contribution in [2.45, 2.75) is 45.1 Å². The molecule has 1 atom stereocenters. The number of nitrogens with zero attached hydrogens (tertiary/aromatic N) is 1. The van der Waals surface area contributed by atoms with Gasteiger partial charge in [0.05, 0.1) is 5.56 Å². The number of rotatable bonds is 4. The van der Waals surface area contributed by atoms with Crippen molar-refractivity contribution in [3.63, 3.8) is 0 Å². The molecule has 0 saturated carbocycles. The van der Waals surface area contributed by atoms with Gasteiger partial charge in [-0.15, -0.1) is 0 Å². The first-order valence-corrected chi connectivity index (χ1v) is 7.32. The number of para-hydroxylation sites is 1. The number of carboxylic acid groups (broad SMARTS) is 1. The zero-order valence-corrected chi connectivity index (χ0v) is 12.2. The summed E-state index contributed by atoms with van der Waals surface area (Å²) in [5.41, 5.74) is 0.970. The molecular formula is C16H21NO4. The fourth-order valence-electron chi connectivity index (χ4n) is 2.84. The molecule has 0 aliphatic carbocycles. The van der Waals surface area contributed by atoms with Crippen LogP contribution in [0.2, 0.25) is 0 Å². The van der Waals surface area contributed by atoms with Gasteiger partial charge in [0.1, 0.15) is 5.75 Å². The van der Waals surface area contributed by atoms with Gasteiger partial charge in [-0.25, -0.2) is 0 Å². The van der Waals surface area contributed by atoms with Crippen LogP contribution in [0.3, 0.4) is 0 Å². The van der Waals surface area contributed by atoms with E-state index in [1.165, 1.54) is 0 Å². The molecule has 1 heterocycles. The van der Waals surface area contributed by atoms with Crippen LogP contribution < -0.4 is 0 Å². The normalized spacial score (nSPS) is 18.5. The summed E-state index contributed by atoms with van der Waals surface area (Å²) in [5.74, 6) is -1.03. The van der Waals surface area contributed by atoms with Crippen molar-refractivity contribution in [1.29, 1.82) is 0 Å². The number of aryl methyl sites for hydroxylation is 1. The third kappa shape index (κ3) is 3.54. The Morgan fingerprint density at radius 2 is 2.10 bits per heavy atom. The van der Waals surface area contributed by atoms with Gasteiger partial charge in [0.25, 0.3) is 5.91 Å². The number of phenols is 1. The lowest BCUT2D eigenvalue weighted by molar-refractivity contribution is -0.137. The molecule has 5 heteroatoms. The van der Waals surface area contributed by atoms with Crippen molar-refractivity contribution in [2.75, 3.05) is 6.54 Å². The lowest BCUT2D eigenvalue weighted by Gasteiger charge is -2.36. The van der Waals surface area contributed by atoms with Crippen molar-refractivity contribution in [1.82, 2.24) is 4.90 Å². The van der Waals surface area contributed by atoms with Crippen molar-refractivity contribution >= 4 is 11.9 Å². The maximum Gasteiger partial charge on any atom is 0.303 e. The molecule has 2 rings (SSSR count). The molecule has 1 fully saturated rings. The summed E-state index contributed by atoms with van der Waals surface area (Å²) in [5, 5.41) is 18.9. The first-order chi connectivity index (χ1) is 10.0. The Morgan fingerprint density at radius 3 is 2.81 bits per heavy atom. The Bertz CT molecular complexity index is 541. The van der Waals surface area contributed by atoms with E-state index in [1.54, 1.807) is 30.0 Å². The van der Waals surface area contributed by atoms with E-state index in [1.807, 2.05) is 0 Å². The van der Waals surface area contributed by atoms with E-state index in [0.717, 1.165) is 19.3 Å². The number of hydrogen-bond donors (Lipinski definition) is 2. The van der Waals surface area contributed by atoms with E-state index in [2.05, 4.69) is 0 Å². The van der Waals surface area contributed by atoms with Crippen LogP contribution in [0.4, 0.5) is 0 Å². The van der Waals surface area contributed by atoms with E-state index in [4.69, 9.17) is 5.11 Å². The topological polar surface area (TPSA) is 77.8 Å². The van der Waals surface area contributed by atoms with Crippen LogP contribution in [0, 0.1) is 6.92 Å². The van der Waals surface area contributed by atoms with E-state index in [-0.39, 0.29) is 24.1 Å². The van der Waals surface area contributed by atoms with Gasteiger partial charge in [0.2, 0.25) is 0 Å². The summed E-state index contributed by atoms with van der Waals surface area (Å²) in [4.78, 5) is 25.1. The Kier molecular flexibility index (Phi) is 4.83. The maximum absolute atomic E-state index is 12.6. The van der Waals surface area contributed by atoms with E-state index < -0.39 is 5.97 Å². The second-order valence-corrected chi connectivity index (χ2v) is 5.55. The number of hydrogen-bond acceptors (Lipinski definition) is 3. The Hall–Kier alpha value is -2.04. The van der Waals surface area contributed by atoms with Crippen LogP contribution in [-0.2, 0) is 4.79 Å².